The summed E-state index contributed by atoms with van der Waals surface area (Å²) in [6.07, 6.45) is 19.4. The van der Waals surface area contributed by atoms with Crippen LogP contribution in [0.1, 0.15) is 138 Å². The van der Waals surface area contributed by atoms with E-state index in [1.165, 1.54) is 33.2 Å². The van der Waals surface area contributed by atoms with Crippen molar-refractivity contribution in [3.8, 4) is 33.4 Å². The van der Waals surface area contributed by atoms with Crippen LogP contribution in [0.4, 0.5) is 0 Å². The zero-order chi connectivity index (χ0) is 61.8. The molecule has 17 heteroatoms. The van der Waals surface area contributed by atoms with Crippen molar-refractivity contribution in [2.45, 2.75) is 99.9 Å². The van der Waals surface area contributed by atoms with Crippen molar-refractivity contribution in [1.29, 1.82) is 0 Å². The van der Waals surface area contributed by atoms with Crippen molar-refractivity contribution in [3.63, 3.8) is 0 Å². The smallest absolute Gasteiger partial charge is 0.159 e. The molecule has 85 heavy (non-hydrogen) atoms. The van der Waals surface area contributed by atoms with Gasteiger partial charge in [0, 0.05) is 111 Å². The first kappa shape index (κ1) is 63.4. The van der Waals surface area contributed by atoms with E-state index in [2.05, 4.69) is 55.2 Å². The molecule has 3 atom stereocenters. The average Bonchev–Trinajstić information content (AvgIpc) is 1.44. The van der Waals surface area contributed by atoms with Gasteiger partial charge in [-0.05, 0) is 66.8 Å². The second-order valence-electron chi connectivity index (χ2n) is 23.6. The maximum absolute atomic E-state index is 11.6. The number of ketones is 1. The number of aliphatic hydroxyl groups is 3. The third-order valence-electron chi connectivity index (χ3n) is 14.9. The van der Waals surface area contributed by atoms with Gasteiger partial charge in [-0.3, -0.25) is 19.7 Å². The minimum atomic E-state index is -1.33. The lowest BCUT2D eigenvalue weighted by Gasteiger charge is -2.39. The van der Waals surface area contributed by atoms with E-state index < -0.39 is 33.0 Å². The summed E-state index contributed by atoms with van der Waals surface area (Å²) in [7, 11) is 3.07. The second kappa shape index (κ2) is 26.6. The van der Waals surface area contributed by atoms with E-state index in [0.717, 1.165) is 55.9 Å². The molecule has 3 N–H and O–H groups in total. The number of pyridine rings is 3. The van der Waals surface area contributed by atoms with Crippen LogP contribution in [0.2, 0.25) is 0 Å². The van der Waals surface area contributed by atoms with Crippen LogP contribution in [0.5, 0.6) is 0 Å². The van der Waals surface area contributed by atoms with E-state index >= 15 is 0 Å². The fourth-order valence-electron chi connectivity index (χ4n) is 9.77. The van der Waals surface area contributed by atoms with E-state index in [0.29, 0.717) is 39.3 Å². The molecule has 0 aliphatic rings. The van der Waals surface area contributed by atoms with Crippen LogP contribution in [-0.4, -0.2) is 91.6 Å². The molecule has 3 aromatic carbocycles. The van der Waals surface area contributed by atoms with Crippen molar-refractivity contribution in [2.24, 2.45) is 26.6 Å². The van der Waals surface area contributed by atoms with Gasteiger partial charge >= 0.3 is 0 Å². The predicted molar refractivity (Wildman–Crippen MR) is 331 cm³/mol. The molecule has 0 saturated carbocycles. The number of rotatable bonds is 14. The summed E-state index contributed by atoms with van der Waals surface area (Å²) in [5, 5.41) is 42.7. The summed E-state index contributed by atoms with van der Waals surface area (Å²) in [5.74, 6) is 0.0374. The van der Waals surface area contributed by atoms with Gasteiger partial charge in [0.1, 0.15) is 50.0 Å². The summed E-state index contributed by atoms with van der Waals surface area (Å²) in [6, 6.07) is 34.8. The first-order valence-corrected chi connectivity index (χ1v) is 27.6. The van der Waals surface area contributed by atoms with Crippen LogP contribution < -0.4 is 0 Å². The topological polar surface area (TPSA) is 237 Å². The van der Waals surface area contributed by atoms with Gasteiger partial charge in [0.2, 0.25) is 0 Å². The quantitative estimate of drug-likeness (QED) is 0.0521. The third-order valence-corrected chi connectivity index (χ3v) is 14.9. The van der Waals surface area contributed by atoms with E-state index in [9.17, 15) is 20.1 Å². The third kappa shape index (κ3) is 14.1. The maximum atomic E-state index is 11.6. The molecule has 0 radical (unpaired) electrons. The number of carbonyl (C=O) groups excluding carboxylic acids is 1. The number of hydrogen-bond donors (Lipinski definition) is 3. The van der Waals surface area contributed by atoms with E-state index in [4.69, 9.17) is 9.68 Å². The van der Waals surface area contributed by atoms with Crippen molar-refractivity contribution < 1.29 is 29.8 Å². The largest absolute Gasteiger partial charge is 0.399 e. The van der Waals surface area contributed by atoms with Crippen molar-refractivity contribution in [3.05, 3.63) is 234 Å². The Hall–Kier alpha value is -9.16. The van der Waals surface area contributed by atoms with Crippen molar-refractivity contribution in [2.75, 3.05) is 14.2 Å². The van der Waals surface area contributed by atoms with Crippen LogP contribution >= 0.6 is 0 Å². The Labute approximate surface area is 498 Å². The Balaban J connectivity index is 0.000000183. The van der Waals surface area contributed by atoms with Crippen molar-refractivity contribution in [1.82, 2.24) is 44.9 Å². The number of oxime groups is 2. The lowest BCUT2D eigenvalue weighted by Crippen LogP contribution is -2.42. The number of hydrogen-bond acceptors (Lipinski definition) is 17. The van der Waals surface area contributed by atoms with Crippen LogP contribution in [0.3, 0.4) is 0 Å². The highest BCUT2D eigenvalue weighted by Gasteiger charge is 2.47. The zero-order valence-corrected chi connectivity index (χ0v) is 50.8. The van der Waals surface area contributed by atoms with Gasteiger partial charge < -0.3 is 25.0 Å². The molecule has 6 heterocycles. The Morgan fingerprint density at radius 2 is 0.588 bits per heavy atom. The monoisotopic (exact) mass is 1140 g/mol. The SMILES string of the molecule is CC(=O)c1ccc(-c2ccc(C(O)(c3cncnc3)C(C)(C)C)nc2)cc1.CO/N=C(/C)c1ccc(-c2ccc(C(O)(c3cncnc3)C(C)(C)C)nc2)cc1.CO/N=C(\C)c1ccc(-c2ccc(C(O)(c3cncnc3)C(C)(C)C)nc2)cc1. The fraction of sp³-hybridized carbons (Fsp3) is 0.294. The normalized spacial score (nSPS) is 14.2. The van der Waals surface area contributed by atoms with Gasteiger partial charge in [-0.2, -0.15) is 0 Å². The molecule has 9 rings (SSSR count). The van der Waals surface area contributed by atoms with Crippen LogP contribution in [-0.2, 0) is 26.5 Å². The van der Waals surface area contributed by atoms with E-state index in [-0.39, 0.29) is 5.78 Å². The highest BCUT2D eigenvalue weighted by molar-refractivity contribution is 5.99. The van der Waals surface area contributed by atoms with Gasteiger partial charge in [-0.1, -0.05) is 164 Å². The van der Waals surface area contributed by atoms with Gasteiger partial charge in [0.15, 0.2) is 5.78 Å². The lowest BCUT2D eigenvalue weighted by atomic mass is 9.70. The lowest BCUT2D eigenvalue weighted by molar-refractivity contribution is -0.0301. The predicted octanol–water partition coefficient (Wildman–Crippen LogP) is 12.4. The van der Waals surface area contributed by atoms with Crippen LogP contribution in [0.15, 0.2) is 194 Å². The highest BCUT2D eigenvalue weighted by atomic mass is 16.6. The molecule has 17 nitrogen and oxygen atoms in total. The van der Waals surface area contributed by atoms with Crippen molar-refractivity contribution >= 4 is 17.2 Å². The Morgan fingerprint density at radius 1 is 0.353 bits per heavy atom. The molecule has 6 aromatic heterocycles. The van der Waals surface area contributed by atoms with Gasteiger partial charge in [-0.25, -0.2) is 29.9 Å². The molecule has 3 unspecified atom stereocenters. The highest BCUT2D eigenvalue weighted by Crippen LogP contribution is 2.46. The molecule has 0 saturated heterocycles. The van der Waals surface area contributed by atoms with Crippen LogP contribution in [0, 0.1) is 16.2 Å². The Morgan fingerprint density at radius 3 is 0.788 bits per heavy atom. The number of nitrogens with zero attached hydrogens (tertiary/aromatic N) is 11. The average molecular weight is 1140 g/mol. The summed E-state index contributed by atoms with van der Waals surface area (Å²) in [4.78, 5) is 59.2. The molecule has 0 aliphatic heterocycles. The number of benzene rings is 3. The zero-order valence-electron chi connectivity index (χ0n) is 50.8. The summed E-state index contributed by atoms with van der Waals surface area (Å²) in [6.45, 7) is 23.0. The molecular formula is C68H75N11O6. The van der Waals surface area contributed by atoms with Gasteiger partial charge in [0.25, 0.3) is 0 Å². The van der Waals surface area contributed by atoms with Gasteiger partial charge in [0.05, 0.1) is 28.5 Å². The first-order valence-electron chi connectivity index (χ1n) is 27.6. The summed E-state index contributed by atoms with van der Waals surface area (Å²) < 4.78 is 0. The summed E-state index contributed by atoms with van der Waals surface area (Å²) in [5.41, 5.74) is 8.13. The number of carbonyl (C=O) groups is 1. The second-order valence-corrected chi connectivity index (χ2v) is 23.6. The molecule has 0 spiro atoms. The summed E-state index contributed by atoms with van der Waals surface area (Å²) >= 11 is 0. The first-order chi connectivity index (χ1) is 40.3. The molecule has 9 aromatic rings. The minimum absolute atomic E-state index is 0.0374. The Kier molecular flexibility index (Phi) is 19.9. The molecule has 0 fully saturated rings. The number of Topliss-reactive ketones (excluding diaryl/α,β-unsaturated/α-hetero) is 1. The van der Waals surface area contributed by atoms with E-state index in [1.807, 2.05) is 173 Å². The maximum Gasteiger partial charge on any atom is 0.159 e. The molecule has 0 aliphatic carbocycles. The molecule has 0 amide bonds. The molecule has 0 bridgehead atoms. The van der Waals surface area contributed by atoms with Gasteiger partial charge in [-0.15, -0.1) is 0 Å². The van der Waals surface area contributed by atoms with E-state index in [1.54, 1.807) is 74.8 Å². The molecular weight excluding hydrogens is 1070 g/mol. The minimum Gasteiger partial charge on any atom is -0.399 e. The van der Waals surface area contributed by atoms with Crippen LogP contribution in [0.25, 0.3) is 33.4 Å². The Bertz CT molecular complexity index is 3500. The fourth-order valence-corrected chi connectivity index (χ4v) is 9.77. The molecule has 438 valence electrons. The standard InChI is InChI=1S/2C23H26N4O2.C22H23N3O2/c2*1-16(27-29-5)17-6-8-18(9-7-17)19-10-11-21(26-12-19)23(28,22(2,3)4)20-13-24-15-25-14-20;1-15(26)16-5-7-17(8-6-16)18-9-10-20(25-11-18)22(27,21(2,3)4)19-12-23-14-24-13-19/h2*6-15,28H,1-5H3;5-14,27H,1-4H3/b27-16+;27-16-;. The number of aromatic nitrogens is 9.